The standard InChI is InChI=1S/C16H21N5O3/c1-20-10-17-19-15(20)14-9-21(6-8-24-14)16(22)18-12-3-2-4-13-11(12)5-7-23-13/h5,7,10,12,14H,2-4,6,8-9H2,1H3,(H,18,22)/t12-,14-/m1/s1. The van der Waals surface area contributed by atoms with Crippen molar-refractivity contribution in [2.45, 2.75) is 31.4 Å². The van der Waals surface area contributed by atoms with Crippen LogP contribution in [0.1, 0.15) is 42.1 Å². The highest BCUT2D eigenvalue weighted by molar-refractivity contribution is 5.75. The highest BCUT2D eigenvalue weighted by Crippen LogP contribution is 2.30. The molecular formula is C16H21N5O3. The Kier molecular flexibility index (Phi) is 3.97. The number of furan rings is 1. The molecule has 1 fully saturated rings. The summed E-state index contributed by atoms with van der Waals surface area (Å²) in [5.74, 6) is 1.73. The summed E-state index contributed by atoms with van der Waals surface area (Å²) in [5.41, 5.74) is 1.10. The maximum absolute atomic E-state index is 12.7. The van der Waals surface area contributed by atoms with Crippen LogP contribution in [0.25, 0.3) is 0 Å². The van der Waals surface area contributed by atoms with Gasteiger partial charge in [-0.3, -0.25) is 0 Å². The van der Waals surface area contributed by atoms with Gasteiger partial charge in [-0.25, -0.2) is 4.79 Å². The summed E-state index contributed by atoms with van der Waals surface area (Å²) >= 11 is 0. The molecule has 1 saturated heterocycles. The van der Waals surface area contributed by atoms with Gasteiger partial charge in [0.1, 0.15) is 18.2 Å². The van der Waals surface area contributed by atoms with Gasteiger partial charge in [0.15, 0.2) is 5.82 Å². The van der Waals surface area contributed by atoms with Gasteiger partial charge < -0.3 is 23.9 Å². The zero-order valence-electron chi connectivity index (χ0n) is 13.6. The fourth-order valence-corrected chi connectivity index (χ4v) is 3.45. The zero-order valence-corrected chi connectivity index (χ0v) is 13.6. The third-order valence-electron chi connectivity index (χ3n) is 4.74. The number of nitrogens with zero attached hydrogens (tertiary/aromatic N) is 4. The van der Waals surface area contributed by atoms with Crippen molar-refractivity contribution in [3.05, 3.63) is 35.8 Å². The summed E-state index contributed by atoms with van der Waals surface area (Å²) in [6, 6.07) is 1.92. The number of aromatic nitrogens is 3. The van der Waals surface area contributed by atoms with E-state index >= 15 is 0 Å². The Labute approximate surface area is 139 Å². The first kappa shape index (κ1) is 15.2. The summed E-state index contributed by atoms with van der Waals surface area (Å²) in [6.07, 6.45) is 6.01. The lowest BCUT2D eigenvalue weighted by Crippen LogP contribution is -2.48. The Morgan fingerprint density at radius 3 is 3.21 bits per heavy atom. The van der Waals surface area contributed by atoms with Crippen molar-refractivity contribution in [3.63, 3.8) is 0 Å². The second-order valence-corrected chi connectivity index (χ2v) is 6.30. The van der Waals surface area contributed by atoms with Crippen LogP contribution in [0.15, 0.2) is 23.1 Å². The fraction of sp³-hybridized carbons (Fsp3) is 0.562. The van der Waals surface area contributed by atoms with Crippen LogP contribution >= 0.6 is 0 Å². The molecule has 2 aromatic rings. The molecule has 0 bridgehead atoms. The van der Waals surface area contributed by atoms with Crippen LogP contribution in [-0.4, -0.2) is 45.4 Å². The summed E-state index contributed by atoms with van der Waals surface area (Å²) in [4.78, 5) is 14.5. The van der Waals surface area contributed by atoms with Gasteiger partial charge in [-0.2, -0.15) is 0 Å². The summed E-state index contributed by atoms with van der Waals surface area (Å²) in [6.45, 7) is 1.54. The van der Waals surface area contributed by atoms with E-state index in [0.717, 1.165) is 36.4 Å². The molecule has 0 radical (unpaired) electrons. The molecule has 8 nitrogen and oxygen atoms in total. The molecule has 128 valence electrons. The molecular weight excluding hydrogens is 310 g/mol. The van der Waals surface area contributed by atoms with Gasteiger partial charge in [-0.15, -0.1) is 10.2 Å². The van der Waals surface area contributed by atoms with Gasteiger partial charge in [0.25, 0.3) is 0 Å². The third kappa shape index (κ3) is 2.77. The van der Waals surface area contributed by atoms with Crippen molar-refractivity contribution in [1.82, 2.24) is 25.0 Å². The van der Waals surface area contributed by atoms with Crippen LogP contribution in [-0.2, 0) is 18.2 Å². The third-order valence-corrected chi connectivity index (χ3v) is 4.74. The lowest BCUT2D eigenvalue weighted by molar-refractivity contribution is -0.0218. The number of ether oxygens (including phenoxy) is 1. The maximum Gasteiger partial charge on any atom is 0.318 e. The lowest BCUT2D eigenvalue weighted by atomic mass is 9.93. The second-order valence-electron chi connectivity index (χ2n) is 6.30. The molecule has 0 aromatic carbocycles. The molecule has 4 rings (SSSR count). The minimum absolute atomic E-state index is 0.0242. The lowest BCUT2D eigenvalue weighted by Gasteiger charge is -2.34. The molecule has 8 heteroatoms. The normalized spacial score (nSPS) is 23.8. The Bertz CT molecular complexity index is 725. The average molecular weight is 331 g/mol. The summed E-state index contributed by atoms with van der Waals surface area (Å²) in [5, 5.41) is 11.1. The van der Waals surface area contributed by atoms with E-state index in [4.69, 9.17) is 9.15 Å². The van der Waals surface area contributed by atoms with Crippen molar-refractivity contribution >= 4 is 6.03 Å². The van der Waals surface area contributed by atoms with E-state index in [1.807, 2.05) is 17.7 Å². The highest BCUT2D eigenvalue weighted by atomic mass is 16.5. The van der Waals surface area contributed by atoms with E-state index < -0.39 is 0 Å². The molecule has 0 unspecified atom stereocenters. The van der Waals surface area contributed by atoms with Gasteiger partial charge in [-0.05, 0) is 18.9 Å². The van der Waals surface area contributed by atoms with E-state index in [0.29, 0.717) is 19.7 Å². The maximum atomic E-state index is 12.7. The molecule has 2 aromatic heterocycles. The molecule has 2 atom stereocenters. The van der Waals surface area contributed by atoms with Crippen molar-refractivity contribution in [2.24, 2.45) is 7.05 Å². The second kappa shape index (κ2) is 6.27. The molecule has 1 aliphatic carbocycles. The van der Waals surface area contributed by atoms with Crippen LogP contribution in [0.2, 0.25) is 0 Å². The Morgan fingerprint density at radius 1 is 1.46 bits per heavy atom. The van der Waals surface area contributed by atoms with E-state index in [9.17, 15) is 4.79 Å². The van der Waals surface area contributed by atoms with Crippen LogP contribution in [0.5, 0.6) is 0 Å². The van der Waals surface area contributed by atoms with Crippen molar-refractivity contribution in [2.75, 3.05) is 19.7 Å². The predicted octanol–water partition coefficient (Wildman–Crippen LogP) is 1.57. The number of carbonyl (C=O) groups is 1. The molecule has 0 spiro atoms. The molecule has 2 amide bonds. The number of amides is 2. The van der Waals surface area contributed by atoms with Crippen LogP contribution in [0.3, 0.4) is 0 Å². The van der Waals surface area contributed by atoms with E-state index in [2.05, 4.69) is 15.5 Å². The average Bonchev–Trinajstić information content (AvgIpc) is 3.24. The van der Waals surface area contributed by atoms with Crippen LogP contribution in [0, 0.1) is 0 Å². The number of urea groups is 1. The number of fused-ring (bicyclic) bond motifs is 1. The first-order valence-corrected chi connectivity index (χ1v) is 8.29. The van der Waals surface area contributed by atoms with Crippen molar-refractivity contribution in [3.8, 4) is 0 Å². The first-order valence-electron chi connectivity index (χ1n) is 8.29. The summed E-state index contributed by atoms with van der Waals surface area (Å²) in [7, 11) is 1.88. The fourth-order valence-electron chi connectivity index (χ4n) is 3.45. The monoisotopic (exact) mass is 331 g/mol. The number of rotatable bonds is 2. The Morgan fingerprint density at radius 2 is 2.38 bits per heavy atom. The van der Waals surface area contributed by atoms with Gasteiger partial charge >= 0.3 is 6.03 Å². The van der Waals surface area contributed by atoms with Crippen LogP contribution < -0.4 is 5.32 Å². The molecule has 24 heavy (non-hydrogen) atoms. The smallest absolute Gasteiger partial charge is 0.318 e. The minimum atomic E-state index is -0.243. The van der Waals surface area contributed by atoms with Gasteiger partial charge in [0.2, 0.25) is 0 Å². The highest BCUT2D eigenvalue weighted by Gasteiger charge is 2.31. The quantitative estimate of drug-likeness (QED) is 0.903. The van der Waals surface area contributed by atoms with Gasteiger partial charge in [0.05, 0.1) is 25.5 Å². The number of aryl methyl sites for hydroxylation is 2. The Hall–Kier alpha value is -2.35. The molecule has 0 saturated carbocycles. The largest absolute Gasteiger partial charge is 0.469 e. The van der Waals surface area contributed by atoms with Crippen molar-refractivity contribution in [1.29, 1.82) is 0 Å². The van der Waals surface area contributed by atoms with E-state index in [1.54, 1.807) is 17.5 Å². The van der Waals surface area contributed by atoms with Crippen LogP contribution in [0.4, 0.5) is 4.79 Å². The topological polar surface area (TPSA) is 85.4 Å². The van der Waals surface area contributed by atoms with Crippen molar-refractivity contribution < 1.29 is 13.9 Å². The predicted molar refractivity (Wildman–Crippen MR) is 84.2 cm³/mol. The zero-order chi connectivity index (χ0) is 16.5. The minimum Gasteiger partial charge on any atom is -0.469 e. The summed E-state index contributed by atoms with van der Waals surface area (Å²) < 4.78 is 13.1. The van der Waals surface area contributed by atoms with E-state index in [1.165, 1.54) is 0 Å². The molecule has 1 N–H and O–H groups in total. The van der Waals surface area contributed by atoms with E-state index in [-0.39, 0.29) is 18.2 Å². The number of hydrogen-bond donors (Lipinski definition) is 1. The Balaban J connectivity index is 1.43. The van der Waals surface area contributed by atoms with Gasteiger partial charge in [0, 0.05) is 25.6 Å². The molecule has 2 aliphatic rings. The first-order chi connectivity index (χ1) is 11.7. The number of hydrogen-bond acceptors (Lipinski definition) is 5. The number of nitrogens with one attached hydrogen (secondary N) is 1. The molecule has 1 aliphatic heterocycles. The number of morpholine rings is 1. The number of carbonyl (C=O) groups excluding carboxylic acids is 1. The molecule has 3 heterocycles. The van der Waals surface area contributed by atoms with Gasteiger partial charge in [-0.1, -0.05) is 0 Å². The SMILES string of the molecule is Cn1cnnc1[C@H]1CN(C(=O)N[C@@H]2CCCc3occc32)CCO1.